The third-order valence-electron chi connectivity index (χ3n) is 2.90. The molecule has 1 aromatic carbocycles. The lowest BCUT2D eigenvalue weighted by atomic mass is 9.86. The molecule has 0 fully saturated rings. The predicted octanol–water partition coefficient (Wildman–Crippen LogP) is 3.36. The van der Waals surface area contributed by atoms with Gasteiger partial charge in [-0.25, -0.2) is 0 Å². The number of carbonyl (C=O) groups is 1. The fraction of sp³-hybridized carbons (Fsp3) is 0.533. The molecule has 1 rings (SSSR count). The Morgan fingerprint density at radius 1 is 1.26 bits per heavy atom. The SMILES string of the molecule is CCOC(=O)C[C@H](N)c1ccc(C(C)(C)C)cc1.Cl. The van der Waals surface area contributed by atoms with Crippen molar-refractivity contribution in [1.82, 2.24) is 0 Å². The monoisotopic (exact) mass is 285 g/mol. The van der Waals surface area contributed by atoms with Crippen molar-refractivity contribution in [1.29, 1.82) is 0 Å². The summed E-state index contributed by atoms with van der Waals surface area (Å²) in [6.45, 7) is 8.69. The molecule has 0 bridgehead atoms. The van der Waals surface area contributed by atoms with Gasteiger partial charge in [-0.15, -0.1) is 12.4 Å². The Morgan fingerprint density at radius 2 is 1.79 bits per heavy atom. The van der Waals surface area contributed by atoms with E-state index in [1.165, 1.54) is 5.56 Å². The molecular weight excluding hydrogens is 262 g/mol. The zero-order valence-corrected chi connectivity index (χ0v) is 12.9. The van der Waals surface area contributed by atoms with E-state index >= 15 is 0 Å². The summed E-state index contributed by atoms with van der Waals surface area (Å²) in [5.41, 5.74) is 8.34. The molecular formula is C15H24ClNO2. The van der Waals surface area contributed by atoms with Crippen LogP contribution in [-0.4, -0.2) is 12.6 Å². The van der Waals surface area contributed by atoms with Gasteiger partial charge in [0, 0.05) is 6.04 Å². The third-order valence-corrected chi connectivity index (χ3v) is 2.90. The van der Waals surface area contributed by atoms with Crippen molar-refractivity contribution in [3.63, 3.8) is 0 Å². The van der Waals surface area contributed by atoms with Gasteiger partial charge in [-0.2, -0.15) is 0 Å². The highest BCUT2D eigenvalue weighted by molar-refractivity contribution is 5.85. The Hall–Kier alpha value is -1.06. The van der Waals surface area contributed by atoms with E-state index in [1.54, 1.807) is 6.92 Å². The molecule has 0 aliphatic rings. The zero-order chi connectivity index (χ0) is 13.8. The van der Waals surface area contributed by atoms with Crippen LogP contribution in [0, 0.1) is 0 Å². The lowest BCUT2D eigenvalue weighted by Gasteiger charge is -2.20. The molecule has 0 spiro atoms. The number of hydrogen-bond acceptors (Lipinski definition) is 3. The second-order valence-electron chi connectivity index (χ2n) is 5.49. The average Bonchev–Trinajstić information content (AvgIpc) is 2.28. The van der Waals surface area contributed by atoms with Gasteiger partial charge in [-0.3, -0.25) is 4.79 Å². The summed E-state index contributed by atoms with van der Waals surface area (Å²) in [4.78, 5) is 11.4. The molecule has 0 aliphatic heterocycles. The number of hydrogen-bond donors (Lipinski definition) is 1. The van der Waals surface area contributed by atoms with Gasteiger partial charge < -0.3 is 10.5 Å². The number of rotatable bonds is 4. The van der Waals surface area contributed by atoms with Crippen LogP contribution in [0.25, 0.3) is 0 Å². The van der Waals surface area contributed by atoms with Crippen molar-refractivity contribution < 1.29 is 9.53 Å². The minimum absolute atomic E-state index is 0. The summed E-state index contributed by atoms with van der Waals surface area (Å²) in [5.74, 6) is -0.245. The molecule has 1 aromatic rings. The van der Waals surface area contributed by atoms with Gasteiger partial charge in [0.2, 0.25) is 0 Å². The zero-order valence-electron chi connectivity index (χ0n) is 12.1. The van der Waals surface area contributed by atoms with Gasteiger partial charge in [-0.1, -0.05) is 45.0 Å². The maximum absolute atomic E-state index is 11.4. The number of halogens is 1. The highest BCUT2D eigenvalue weighted by Crippen LogP contribution is 2.24. The molecule has 4 heteroatoms. The molecule has 0 unspecified atom stereocenters. The predicted molar refractivity (Wildman–Crippen MR) is 80.6 cm³/mol. The molecule has 0 aromatic heterocycles. The molecule has 0 saturated heterocycles. The van der Waals surface area contributed by atoms with Gasteiger partial charge in [0.05, 0.1) is 13.0 Å². The Kier molecular flexibility index (Phi) is 7.09. The lowest BCUT2D eigenvalue weighted by molar-refractivity contribution is -0.143. The van der Waals surface area contributed by atoms with E-state index in [2.05, 4.69) is 32.9 Å². The lowest BCUT2D eigenvalue weighted by Crippen LogP contribution is -2.18. The highest BCUT2D eigenvalue weighted by atomic mass is 35.5. The van der Waals surface area contributed by atoms with Crippen molar-refractivity contribution in [2.24, 2.45) is 5.73 Å². The maximum atomic E-state index is 11.4. The molecule has 0 amide bonds. The minimum Gasteiger partial charge on any atom is -0.466 e. The van der Waals surface area contributed by atoms with Gasteiger partial charge >= 0.3 is 5.97 Å². The minimum atomic E-state index is -0.293. The van der Waals surface area contributed by atoms with Gasteiger partial charge in [0.25, 0.3) is 0 Å². The molecule has 0 radical (unpaired) electrons. The number of ether oxygens (including phenoxy) is 1. The number of carbonyl (C=O) groups excluding carboxylic acids is 1. The fourth-order valence-corrected chi connectivity index (χ4v) is 1.75. The summed E-state index contributed by atoms with van der Waals surface area (Å²) in [6.07, 6.45) is 0.225. The van der Waals surface area contributed by atoms with E-state index in [-0.39, 0.29) is 36.3 Å². The first-order valence-electron chi connectivity index (χ1n) is 6.36. The Morgan fingerprint density at radius 3 is 2.21 bits per heavy atom. The average molecular weight is 286 g/mol. The molecule has 0 heterocycles. The maximum Gasteiger partial charge on any atom is 0.307 e. The van der Waals surface area contributed by atoms with Crippen LogP contribution in [0.15, 0.2) is 24.3 Å². The van der Waals surface area contributed by atoms with Crippen LogP contribution in [0.1, 0.15) is 51.3 Å². The Bertz CT molecular complexity index is 396. The van der Waals surface area contributed by atoms with Crippen LogP contribution in [0.5, 0.6) is 0 Å². The van der Waals surface area contributed by atoms with Gasteiger partial charge in [-0.05, 0) is 23.5 Å². The molecule has 19 heavy (non-hydrogen) atoms. The number of nitrogens with two attached hydrogens (primary N) is 1. The normalized spacial score (nSPS) is 12.5. The van der Waals surface area contributed by atoms with Crippen molar-refractivity contribution >= 4 is 18.4 Å². The van der Waals surface area contributed by atoms with Gasteiger partial charge in [0.1, 0.15) is 0 Å². The van der Waals surface area contributed by atoms with Crippen LogP contribution in [0.2, 0.25) is 0 Å². The van der Waals surface area contributed by atoms with Crippen LogP contribution in [0.4, 0.5) is 0 Å². The second kappa shape index (κ2) is 7.51. The van der Waals surface area contributed by atoms with E-state index in [1.807, 2.05) is 12.1 Å². The molecule has 3 nitrogen and oxygen atoms in total. The fourth-order valence-electron chi connectivity index (χ4n) is 1.75. The molecule has 108 valence electrons. The topological polar surface area (TPSA) is 52.3 Å². The summed E-state index contributed by atoms with van der Waals surface area (Å²) in [7, 11) is 0. The second-order valence-corrected chi connectivity index (χ2v) is 5.49. The van der Waals surface area contributed by atoms with Crippen molar-refractivity contribution in [3.8, 4) is 0 Å². The first-order valence-corrected chi connectivity index (χ1v) is 6.36. The standard InChI is InChI=1S/C15H23NO2.ClH/c1-5-18-14(17)10-13(16)11-6-8-12(9-7-11)15(2,3)4;/h6-9,13H,5,10,16H2,1-4H3;1H/t13-;/m0./s1. The molecule has 0 aliphatic carbocycles. The summed E-state index contributed by atoms with van der Waals surface area (Å²) < 4.78 is 4.89. The van der Waals surface area contributed by atoms with E-state index < -0.39 is 0 Å². The Balaban J connectivity index is 0.00000324. The highest BCUT2D eigenvalue weighted by Gasteiger charge is 2.16. The smallest absolute Gasteiger partial charge is 0.307 e. The van der Waals surface area contributed by atoms with Crippen LogP contribution >= 0.6 is 12.4 Å². The van der Waals surface area contributed by atoms with Crippen molar-refractivity contribution in [2.45, 2.75) is 45.6 Å². The number of esters is 1. The third kappa shape index (κ3) is 5.62. The number of benzene rings is 1. The van der Waals surface area contributed by atoms with Crippen molar-refractivity contribution in [3.05, 3.63) is 35.4 Å². The Labute approximate surface area is 121 Å². The van der Waals surface area contributed by atoms with Crippen molar-refractivity contribution in [2.75, 3.05) is 6.61 Å². The van der Waals surface area contributed by atoms with Crippen LogP contribution in [0.3, 0.4) is 0 Å². The van der Waals surface area contributed by atoms with Crippen LogP contribution < -0.4 is 5.73 Å². The van der Waals surface area contributed by atoms with E-state index in [0.29, 0.717) is 6.61 Å². The van der Waals surface area contributed by atoms with E-state index in [0.717, 1.165) is 5.56 Å². The van der Waals surface area contributed by atoms with E-state index in [4.69, 9.17) is 10.5 Å². The largest absolute Gasteiger partial charge is 0.466 e. The van der Waals surface area contributed by atoms with Crippen LogP contribution in [-0.2, 0) is 14.9 Å². The summed E-state index contributed by atoms with van der Waals surface area (Å²) in [6, 6.07) is 7.83. The first kappa shape index (κ1) is 17.9. The first-order chi connectivity index (χ1) is 8.34. The quantitative estimate of drug-likeness (QED) is 0.863. The summed E-state index contributed by atoms with van der Waals surface area (Å²) >= 11 is 0. The molecule has 1 atom stereocenters. The molecule has 0 saturated carbocycles. The summed E-state index contributed by atoms with van der Waals surface area (Å²) in [5, 5.41) is 0. The van der Waals surface area contributed by atoms with E-state index in [9.17, 15) is 4.79 Å². The molecule has 2 N–H and O–H groups in total. The van der Waals surface area contributed by atoms with Gasteiger partial charge in [0.15, 0.2) is 0 Å².